The number of likely N-dealkylation sites (N-methyl/N-ethyl adjacent to an activating group) is 2. The lowest BCUT2D eigenvalue weighted by Gasteiger charge is -2.31. The Balaban J connectivity index is 2.81. The summed E-state index contributed by atoms with van der Waals surface area (Å²) >= 11 is 12.3. The van der Waals surface area contributed by atoms with Crippen molar-refractivity contribution in [3.8, 4) is 11.5 Å². The van der Waals surface area contributed by atoms with Crippen LogP contribution in [0.15, 0.2) is 35.2 Å². The highest BCUT2D eigenvalue weighted by Gasteiger charge is 2.30. The summed E-state index contributed by atoms with van der Waals surface area (Å²) in [5.41, 5.74) is 1.07. The summed E-state index contributed by atoms with van der Waals surface area (Å²) in [6, 6.07) is 8.09. The van der Waals surface area contributed by atoms with Gasteiger partial charge < -0.3 is 24.5 Å². The van der Waals surface area contributed by atoms with E-state index in [-0.39, 0.29) is 17.3 Å². The maximum atomic E-state index is 13.8. The van der Waals surface area contributed by atoms with Crippen LogP contribution in [0.1, 0.15) is 19.4 Å². The second-order valence-electron chi connectivity index (χ2n) is 8.96. The molecule has 8 nitrogen and oxygen atoms in total. The van der Waals surface area contributed by atoms with Crippen molar-refractivity contribution in [3.63, 3.8) is 0 Å². The molecule has 202 valence electrons. The van der Waals surface area contributed by atoms with E-state index < -0.39 is 10.0 Å². The van der Waals surface area contributed by atoms with Gasteiger partial charge in [-0.05, 0) is 58.0 Å². The normalized spacial score (nSPS) is 12.1. The van der Waals surface area contributed by atoms with Gasteiger partial charge in [-0.1, -0.05) is 37.0 Å². The summed E-state index contributed by atoms with van der Waals surface area (Å²) in [5.74, 6) is 0.550. The number of hydrogen-bond donors (Lipinski definition) is 1. The zero-order valence-electron chi connectivity index (χ0n) is 22.0. The molecule has 11 heteroatoms. The molecule has 0 saturated carbocycles. The summed E-state index contributed by atoms with van der Waals surface area (Å²) in [6.45, 7) is 6.59. The number of rotatable bonds is 14. The second kappa shape index (κ2) is 13.8. The predicted molar refractivity (Wildman–Crippen MR) is 148 cm³/mol. The molecule has 0 spiro atoms. The monoisotopic (exact) mass is 560 g/mol. The van der Waals surface area contributed by atoms with Crippen LogP contribution in [0.5, 0.6) is 11.5 Å². The number of aliphatic hydroxyl groups is 1. The fourth-order valence-electron chi connectivity index (χ4n) is 3.62. The van der Waals surface area contributed by atoms with Crippen LogP contribution < -0.4 is 9.64 Å². The Bertz CT molecular complexity index is 1100. The lowest BCUT2D eigenvalue weighted by molar-refractivity contribution is 0.281. The van der Waals surface area contributed by atoms with E-state index in [0.717, 1.165) is 13.1 Å². The minimum absolute atomic E-state index is 0.00136. The molecule has 0 amide bonds. The van der Waals surface area contributed by atoms with Gasteiger partial charge in [0.2, 0.25) is 10.0 Å². The summed E-state index contributed by atoms with van der Waals surface area (Å²) in [4.78, 5) is 6.21. The Hall–Kier alpha value is -1.59. The maximum Gasteiger partial charge on any atom is 0.246 e. The van der Waals surface area contributed by atoms with E-state index in [1.165, 1.54) is 10.4 Å². The van der Waals surface area contributed by atoms with Crippen molar-refractivity contribution in [2.24, 2.45) is 0 Å². The van der Waals surface area contributed by atoms with E-state index in [2.05, 4.69) is 14.7 Å². The third-order valence-corrected chi connectivity index (χ3v) is 8.48. The van der Waals surface area contributed by atoms with E-state index in [4.69, 9.17) is 27.9 Å². The first-order valence-electron chi connectivity index (χ1n) is 11.9. The highest BCUT2D eigenvalue weighted by atomic mass is 35.5. The number of aliphatic hydroxyl groups excluding tert-OH is 1. The van der Waals surface area contributed by atoms with Crippen LogP contribution in [0.2, 0.25) is 10.0 Å². The van der Waals surface area contributed by atoms with E-state index >= 15 is 0 Å². The first-order valence-corrected chi connectivity index (χ1v) is 14.1. The molecule has 0 fully saturated rings. The van der Waals surface area contributed by atoms with Crippen molar-refractivity contribution >= 4 is 38.9 Å². The highest BCUT2D eigenvalue weighted by molar-refractivity contribution is 7.89. The Labute approximate surface area is 226 Å². The van der Waals surface area contributed by atoms with Gasteiger partial charge in [-0.15, -0.1) is 0 Å². The fraction of sp³-hybridized carbons (Fsp3) is 0.520. The van der Waals surface area contributed by atoms with Crippen LogP contribution in [0.25, 0.3) is 0 Å². The Morgan fingerprint density at radius 2 is 1.44 bits per heavy atom. The van der Waals surface area contributed by atoms with Crippen molar-refractivity contribution < 1.29 is 18.3 Å². The number of anilines is 1. The van der Waals surface area contributed by atoms with E-state index in [0.29, 0.717) is 53.2 Å². The molecule has 36 heavy (non-hydrogen) atoms. The molecule has 2 rings (SSSR count). The molecule has 0 heterocycles. The average Bonchev–Trinajstić information content (AvgIpc) is 2.82. The summed E-state index contributed by atoms with van der Waals surface area (Å²) in [6.07, 6.45) is 0. The lowest BCUT2D eigenvalue weighted by Crippen LogP contribution is -2.37. The van der Waals surface area contributed by atoms with Gasteiger partial charge in [-0.25, -0.2) is 8.42 Å². The molecule has 0 atom stereocenters. The molecular formula is C25H38Cl2N4O4S. The second-order valence-corrected chi connectivity index (χ2v) is 11.7. The Morgan fingerprint density at radius 3 is 1.92 bits per heavy atom. The summed E-state index contributed by atoms with van der Waals surface area (Å²) < 4.78 is 35.2. The minimum atomic E-state index is -3.93. The summed E-state index contributed by atoms with van der Waals surface area (Å²) in [7, 11) is 4.00. The fourth-order valence-corrected chi connectivity index (χ4v) is 5.55. The number of hydrogen-bond acceptors (Lipinski definition) is 7. The summed E-state index contributed by atoms with van der Waals surface area (Å²) in [5, 5.41) is 10.7. The topological polar surface area (TPSA) is 76.6 Å². The predicted octanol–water partition coefficient (Wildman–Crippen LogP) is 4.24. The molecule has 2 aromatic rings. The molecule has 0 bridgehead atoms. The molecule has 0 aliphatic rings. The van der Waals surface area contributed by atoms with Gasteiger partial charge in [-0.3, -0.25) is 0 Å². The Morgan fingerprint density at radius 1 is 0.861 bits per heavy atom. The SMILES string of the molecule is CCN(CC)S(=O)(=O)c1cc(CO)cc(N(CCN(C)C)CCN(C)C)c1Oc1ccc(Cl)c(Cl)c1. The van der Waals surface area contributed by atoms with Crippen LogP contribution in [-0.4, -0.2) is 95.1 Å². The van der Waals surface area contributed by atoms with Gasteiger partial charge in [0.25, 0.3) is 0 Å². The third kappa shape index (κ3) is 7.95. The van der Waals surface area contributed by atoms with Gasteiger partial charge in [0.15, 0.2) is 5.75 Å². The number of ether oxygens (including phenoxy) is 1. The number of benzene rings is 2. The molecule has 0 aromatic heterocycles. The van der Waals surface area contributed by atoms with E-state index in [1.54, 1.807) is 38.1 Å². The number of nitrogens with zero attached hydrogens (tertiary/aromatic N) is 4. The number of halogens is 2. The Kier molecular flexibility index (Phi) is 11.8. The number of sulfonamides is 1. The molecular weight excluding hydrogens is 523 g/mol. The zero-order chi connectivity index (χ0) is 27.0. The average molecular weight is 562 g/mol. The van der Waals surface area contributed by atoms with Crippen LogP contribution in [-0.2, 0) is 16.6 Å². The van der Waals surface area contributed by atoms with Crippen LogP contribution in [0.4, 0.5) is 5.69 Å². The van der Waals surface area contributed by atoms with Crippen molar-refractivity contribution in [3.05, 3.63) is 45.9 Å². The molecule has 0 aliphatic heterocycles. The molecule has 0 unspecified atom stereocenters. The van der Waals surface area contributed by atoms with E-state index in [9.17, 15) is 13.5 Å². The van der Waals surface area contributed by atoms with Gasteiger partial charge in [-0.2, -0.15) is 4.31 Å². The quantitative estimate of drug-likeness (QED) is 0.370. The van der Waals surface area contributed by atoms with Crippen molar-refractivity contribution in [2.45, 2.75) is 25.3 Å². The van der Waals surface area contributed by atoms with Gasteiger partial charge in [0, 0.05) is 45.3 Å². The first kappa shape index (κ1) is 30.6. The first-order chi connectivity index (χ1) is 16.9. The largest absolute Gasteiger partial charge is 0.454 e. The molecule has 0 aliphatic carbocycles. The highest BCUT2D eigenvalue weighted by Crippen LogP contribution is 2.42. The maximum absolute atomic E-state index is 13.8. The van der Waals surface area contributed by atoms with Crippen LogP contribution >= 0.6 is 23.2 Å². The van der Waals surface area contributed by atoms with Crippen LogP contribution in [0, 0.1) is 0 Å². The molecule has 0 saturated heterocycles. The van der Waals surface area contributed by atoms with Crippen molar-refractivity contribution in [2.75, 3.05) is 72.4 Å². The van der Waals surface area contributed by atoms with Gasteiger partial charge >= 0.3 is 0 Å². The smallest absolute Gasteiger partial charge is 0.246 e. The molecule has 2 aromatic carbocycles. The van der Waals surface area contributed by atoms with E-state index in [1.807, 2.05) is 28.2 Å². The molecule has 1 N–H and O–H groups in total. The zero-order valence-corrected chi connectivity index (χ0v) is 24.3. The van der Waals surface area contributed by atoms with Gasteiger partial charge in [0.1, 0.15) is 10.6 Å². The van der Waals surface area contributed by atoms with Gasteiger partial charge in [0.05, 0.1) is 22.3 Å². The third-order valence-electron chi connectivity index (χ3n) is 5.69. The molecule has 0 radical (unpaired) electrons. The van der Waals surface area contributed by atoms with Crippen molar-refractivity contribution in [1.29, 1.82) is 0 Å². The van der Waals surface area contributed by atoms with Crippen LogP contribution in [0.3, 0.4) is 0 Å². The standard InChI is InChI=1S/C25H38Cl2N4O4S/c1-7-31(8-2)36(33,34)24-16-19(18-32)15-23(30(13-11-28(3)4)14-12-29(5)6)25(24)35-20-9-10-21(26)22(27)17-20/h9-10,15-17,32H,7-8,11-14,18H2,1-6H3. The lowest BCUT2D eigenvalue weighted by atomic mass is 10.1. The van der Waals surface area contributed by atoms with Crippen molar-refractivity contribution in [1.82, 2.24) is 14.1 Å². The minimum Gasteiger partial charge on any atom is -0.454 e.